The molecule has 0 saturated heterocycles. The van der Waals surface area contributed by atoms with Crippen LogP contribution in [0.4, 0.5) is 8.78 Å². The van der Waals surface area contributed by atoms with Gasteiger partial charge >= 0.3 is 11.9 Å². The third-order valence-corrected chi connectivity index (χ3v) is 9.55. The standard InChI is InChI=1S/C23H19Cl2FO3.C23H21FO5.Cl2OS/c1-15-20(23(27)29-17-10-6-3-7-11-17)22(19(13-25)18(12-24)21(15)26)28-14-16-8-4-2-5-9-16;1-15-20(23(27)29-17-10-6-3-7-11-17)22(19(13-26)18(12-25)21(15)24)28-14-16-8-4-2-5-9-16;1-4(2)3/h2-11H,12-14H2,1H3;2-11,25-26H,12-14H2,1H3;. The predicted octanol–water partition coefficient (Wildman–Crippen LogP) is 11.4. The Morgan fingerprint density at radius 2 is 0.871 bits per heavy atom. The lowest BCUT2D eigenvalue weighted by atomic mass is 9.96. The summed E-state index contributed by atoms with van der Waals surface area (Å²) in [5.74, 6) is -2.20. The molecule has 6 rings (SSSR count). The number of aliphatic hydroxyl groups is 2. The Balaban J connectivity index is 0.000000251. The summed E-state index contributed by atoms with van der Waals surface area (Å²) in [6.07, 6.45) is 0. The van der Waals surface area contributed by atoms with E-state index in [9.17, 15) is 28.6 Å². The topological polar surface area (TPSA) is 129 Å². The van der Waals surface area contributed by atoms with Crippen LogP contribution in [0.1, 0.15) is 65.2 Å². The van der Waals surface area contributed by atoms with Crippen molar-refractivity contribution < 1.29 is 51.7 Å². The third-order valence-electron chi connectivity index (χ3n) is 9.02. The van der Waals surface area contributed by atoms with E-state index in [-0.39, 0.29) is 75.4 Å². The van der Waals surface area contributed by atoms with E-state index >= 15 is 0 Å². The first-order valence-corrected chi connectivity index (χ1v) is 22.4. The highest BCUT2D eigenvalue weighted by Crippen LogP contribution is 2.38. The van der Waals surface area contributed by atoms with Gasteiger partial charge in [-0.05, 0) is 49.2 Å². The van der Waals surface area contributed by atoms with Crippen LogP contribution < -0.4 is 18.9 Å². The molecular weight excluding hydrogens is 908 g/mol. The zero-order valence-corrected chi connectivity index (χ0v) is 37.1. The number of aliphatic hydroxyl groups excluding tert-OH is 2. The average Bonchev–Trinajstić information content (AvgIpc) is 3.27. The number of rotatable bonds is 14. The fourth-order valence-electron chi connectivity index (χ4n) is 6.03. The fraction of sp³-hybridized carbons (Fsp3) is 0.174. The van der Waals surface area contributed by atoms with Crippen LogP contribution >= 0.6 is 44.6 Å². The van der Waals surface area contributed by atoms with Crippen molar-refractivity contribution in [3.05, 3.63) is 189 Å². The lowest BCUT2D eigenvalue weighted by Crippen LogP contribution is -2.17. The summed E-state index contributed by atoms with van der Waals surface area (Å²) < 4.78 is 61.5. The maximum absolute atomic E-state index is 14.9. The van der Waals surface area contributed by atoms with Crippen molar-refractivity contribution in [2.24, 2.45) is 0 Å². The van der Waals surface area contributed by atoms with Crippen LogP contribution in [0.3, 0.4) is 0 Å². The van der Waals surface area contributed by atoms with Crippen molar-refractivity contribution in [1.82, 2.24) is 0 Å². The highest BCUT2D eigenvalue weighted by atomic mass is 36.0. The van der Waals surface area contributed by atoms with Gasteiger partial charge in [-0.25, -0.2) is 22.6 Å². The second-order valence-electron chi connectivity index (χ2n) is 12.9. The molecule has 9 nitrogen and oxygen atoms in total. The number of benzene rings is 6. The summed E-state index contributed by atoms with van der Waals surface area (Å²) in [7, 11) is 7.36. The van der Waals surface area contributed by atoms with Gasteiger partial charge in [0.25, 0.3) is 0 Å². The van der Waals surface area contributed by atoms with Gasteiger partial charge in [0.2, 0.25) is 9.23 Å². The van der Waals surface area contributed by atoms with Crippen LogP contribution in [0, 0.1) is 25.5 Å². The molecule has 326 valence electrons. The van der Waals surface area contributed by atoms with Crippen molar-refractivity contribution >= 4 is 65.7 Å². The molecule has 0 bridgehead atoms. The summed E-state index contributed by atoms with van der Waals surface area (Å²) >= 11 is 12.1. The van der Waals surface area contributed by atoms with Crippen LogP contribution in [-0.4, -0.2) is 26.4 Å². The SMILES string of the molecule is Cc1c(F)c(CCl)c(CCl)c(OCc2ccccc2)c1C(=O)Oc1ccccc1.Cc1c(F)c(CO)c(CO)c(OCc2ccccc2)c1C(=O)Oc1ccccc1.O=S(Cl)Cl. The fourth-order valence-corrected chi connectivity index (χ4v) is 6.59. The Bertz CT molecular complexity index is 2260. The largest absolute Gasteiger partial charge is 0.488 e. The van der Waals surface area contributed by atoms with Crippen LogP contribution in [0.25, 0.3) is 0 Å². The highest BCUT2D eigenvalue weighted by molar-refractivity contribution is 8.26. The van der Waals surface area contributed by atoms with E-state index in [1.54, 1.807) is 60.7 Å². The smallest absolute Gasteiger partial charge is 0.347 e. The van der Waals surface area contributed by atoms with Gasteiger partial charge in [-0.3, -0.25) is 0 Å². The van der Waals surface area contributed by atoms with Crippen molar-refractivity contribution in [3.63, 3.8) is 0 Å². The first-order chi connectivity index (χ1) is 29.9. The van der Waals surface area contributed by atoms with Gasteiger partial charge < -0.3 is 29.2 Å². The number of hydrogen-bond donors (Lipinski definition) is 2. The summed E-state index contributed by atoms with van der Waals surface area (Å²) in [6.45, 7) is 1.94. The molecule has 0 aliphatic heterocycles. The number of alkyl halides is 2. The zero-order valence-electron chi connectivity index (χ0n) is 33.2. The molecule has 6 aromatic carbocycles. The van der Waals surface area contributed by atoms with Gasteiger partial charge in [0.15, 0.2) is 0 Å². The molecule has 0 radical (unpaired) electrons. The number of carbonyl (C=O) groups is 2. The summed E-state index contributed by atoms with van der Waals surface area (Å²) in [5.41, 5.74) is 2.18. The molecule has 0 unspecified atom stereocenters. The second kappa shape index (κ2) is 25.2. The minimum absolute atomic E-state index is 0.000217. The van der Waals surface area contributed by atoms with Crippen molar-refractivity contribution in [1.29, 1.82) is 0 Å². The Morgan fingerprint density at radius 3 is 1.21 bits per heavy atom. The highest BCUT2D eigenvalue weighted by Gasteiger charge is 2.29. The monoisotopic (exact) mass is 946 g/mol. The number of halogens is 6. The number of esters is 2. The molecule has 0 aromatic heterocycles. The van der Waals surface area contributed by atoms with Crippen LogP contribution in [0.5, 0.6) is 23.0 Å². The van der Waals surface area contributed by atoms with E-state index in [1.165, 1.54) is 13.8 Å². The molecule has 0 spiro atoms. The van der Waals surface area contributed by atoms with Gasteiger partial charge in [-0.1, -0.05) is 97.1 Å². The van der Waals surface area contributed by atoms with Crippen LogP contribution in [0.2, 0.25) is 0 Å². The molecule has 0 atom stereocenters. The number of para-hydroxylation sites is 2. The minimum atomic E-state index is -1.67. The Labute approximate surface area is 379 Å². The van der Waals surface area contributed by atoms with E-state index in [4.69, 9.17) is 46.4 Å². The molecule has 62 heavy (non-hydrogen) atoms. The molecule has 0 amide bonds. The van der Waals surface area contributed by atoms with E-state index < -0.39 is 46.0 Å². The van der Waals surface area contributed by atoms with E-state index in [1.807, 2.05) is 60.7 Å². The lowest BCUT2D eigenvalue weighted by Gasteiger charge is -2.20. The third kappa shape index (κ3) is 13.5. The van der Waals surface area contributed by atoms with E-state index in [0.717, 1.165) is 11.1 Å². The van der Waals surface area contributed by atoms with Crippen LogP contribution in [-0.2, 0) is 47.4 Å². The Morgan fingerprint density at radius 1 is 0.548 bits per heavy atom. The van der Waals surface area contributed by atoms with Crippen LogP contribution in [0.15, 0.2) is 121 Å². The van der Waals surface area contributed by atoms with Gasteiger partial charge in [0.1, 0.15) is 59.0 Å². The van der Waals surface area contributed by atoms with E-state index in [0.29, 0.717) is 17.1 Å². The minimum Gasteiger partial charge on any atom is -0.488 e. The number of ether oxygens (including phenoxy) is 4. The molecule has 0 heterocycles. The molecule has 0 saturated carbocycles. The quantitative estimate of drug-likeness (QED) is 0.0475. The maximum Gasteiger partial charge on any atom is 0.347 e. The van der Waals surface area contributed by atoms with Gasteiger partial charge in [0, 0.05) is 54.7 Å². The molecule has 0 aliphatic rings. The van der Waals surface area contributed by atoms with Gasteiger partial charge in [0.05, 0.1) is 25.0 Å². The van der Waals surface area contributed by atoms with Crippen molar-refractivity contribution in [2.75, 3.05) is 0 Å². The van der Waals surface area contributed by atoms with Gasteiger partial charge in [-0.2, -0.15) is 0 Å². The molecule has 0 fully saturated rings. The molecule has 0 aliphatic carbocycles. The zero-order chi connectivity index (χ0) is 45.2. The Kier molecular flexibility index (Phi) is 20.1. The molecule has 2 N–H and O–H groups in total. The predicted molar refractivity (Wildman–Crippen MR) is 237 cm³/mol. The first kappa shape index (κ1) is 49.6. The summed E-state index contributed by atoms with van der Waals surface area (Å²) in [5, 5.41) is 19.4. The first-order valence-electron chi connectivity index (χ1n) is 18.5. The number of carbonyl (C=O) groups excluding carboxylic acids is 2. The molecule has 6 aromatic rings. The normalized spacial score (nSPS) is 10.5. The maximum atomic E-state index is 14.9. The molecular formula is C46H40Cl4F2O9S. The summed E-state index contributed by atoms with van der Waals surface area (Å²) in [6, 6.07) is 35.6. The number of hydrogen-bond acceptors (Lipinski definition) is 9. The average molecular weight is 949 g/mol. The van der Waals surface area contributed by atoms with Crippen molar-refractivity contribution in [2.45, 2.75) is 52.0 Å². The molecule has 16 heteroatoms. The van der Waals surface area contributed by atoms with E-state index in [2.05, 4.69) is 21.4 Å². The second-order valence-corrected chi connectivity index (χ2v) is 16.0. The lowest BCUT2D eigenvalue weighted by molar-refractivity contribution is 0.0717. The Hall–Kier alpha value is -5.05. The van der Waals surface area contributed by atoms with Gasteiger partial charge in [-0.15, -0.1) is 23.2 Å². The van der Waals surface area contributed by atoms with Crippen molar-refractivity contribution in [3.8, 4) is 23.0 Å². The summed E-state index contributed by atoms with van der Waals surface area (Å²) in [4.78, 5) is 25.8.